The molecule has 0 aromatic carbocycles. The number of esters is 1. The average Bonchev–Trinajstić information content (AvgIpc) is 3.41. The van der Waals surface area contributed by atoms with E-state index in [-0.39, 0.29) is 11.8 Å². The van der Waals surface area contributed by atoms with Crippen molar-refractivity contribution in [2.24, 2.45) is 17.6 Å². The Balaban J connectivity index is 1.41. The Kier molecular flexibility index (Phi) is 6.39. The molecule has 4 aliphatic rings. The van der Waals surface area contributed by atoms with Crippen LogP contribution in [0.3, 0.4) is 0 Å². The summed E-state index contributed by atoms with van der Waals surface area (Å²) in [6, 6.07) is 1.11. The summed E-state index contributed by atoms with van der Waals surface area (Å²) >= 11 is 1.47. The number of nitrogens with zero attached hydrogens (tertiary/aromatic N) is 4. The maximum atomic E-state index is 13.7. The number of amides is 1. The standard InChI is InChI=1S/C24H31N5O4S/c25-21(30)20(22-27-14-26-15-28-22)29-9-6-16(7-10-29)19(12-29)33-23(31)24(32,18-8-11-34-13-18)17-4-2-1-3-5-17/h8,11,13-17,19-20,32H,1-7,9-10,12H2,(H-,25,30)/p+1/t16?,19-,20?,24?,29?/m0/s1. The van der Waals surface area contributed by atoms with Crippen molar-refractivity contribution in [3.8, 4) is 0 Å². The SMILES string of the molecule is NC(=O)C(c1ncncn1)[N+]12CCC(CC1)[C@@H](OC(=O)C(O)(c1ccsc1)C1CCCCC1)C2. The number of piperidine rings is 3. The van der Waals surface area contributed by atoms with Crippen LogP contribution in [0.2, 0.25) is 0 Å². The zero-order valence-corrected chi connectivity index (χ0v) is 20.0. The molecule has 3 atom stereocenters. The highest BCUT2D eigenvalue weighted by Gasteiger charge is 2.56. The number of ether oxygens (including phenoxy) is 1. The second-order valence-corrected chi connectivity index (χ2v) is 10.8. The normalized spacial score (nSPS) is 29.8. The highest BCUT2D eigenvalue weighted by Crippen LogP contribution is 2.45. The maximum Gasteiger partial charge on any atom is 0.343 e. The number of thiophene rings is 1. The fraction of sp³-hybridized carbons (Fsp3) is 0.625. The van der Waals surface area contributed by atoms with E-state index in [4.69, 9.17) is 10.5 Å². The molecule has 1 aliphatic carbocycles. The molecule has 0 spiro atoms. The van der Waals surface area contributed by atoms with Gasteiger partial charge in [0.25, 0.3) is 5.91 Å². The van der Waals surface area contributed by atoms with Crippen LogP contribution < -0.4 is 5.73 Å². The number of nitrogens with two attached hydrogens (primary N) is 1. The molecule has 5 heterocycles. The lowest BCUT2D eigenvalue weighted by Crippen LogP contribution is -2.68. The van der Waals surface area contributed by atoms with Crippen LogP contribution in [-0.2, 0) is 19.9 Å². The molecule has 9 nitrogen and oxygen atoms in total. The summed E-state index contributed by atoms with van der Waals surface area (Å²) in [6.45, 7) is 1.95. The molecular formula is C24H32N5O4S+. The minimum atomic E-state index is -1.64. The summed E-state index contributed by atoms with van der Waals surface area (Å²) < 4.78 is 6.52. The molecule has 3 aliphatic heterocycles. The Morgan fingerprint density at radius 1 is 1.15 bits per heavy atom. The van der Waals surface area contributed by atoms with Crippen LogP contribution in [0.5, 0.6) is 0 Å². The van der Waals surface area contributed by atoms with Crippen molar-refractivity contribution in [2.45, 2.75) is 62.7 Å². The van der Waals surface area contributed by atoms with Gasteiger partial charge in [-0.1, -0.05) is 19.3 Å². The van der Waals surface area contributed by atoms with Gasteiger partial charge in [-0.15, -0.1) is 0 Å². The number of carbonyl (C=O) groups is 2. The molecule has 6 rings (SSSR count). The highest BCUT2D eigenvalue weighted by molar-refractivity contribution is 7.08. The van der Waals surface area contributed by atoms with Gasteiger partial charge in [-0.25, -0.2) is 19.7 Å². The fourth-order valence-corrected chi connectivity index (χ4v) is 7.15. The largest absolute Gasteiger partial charge is 0.454 e. The van der Waals surface area contributed by atoms with Crippen molar-refractivity contribution in [2.75, 3.05) is 19.6 Å². The second-order valence-electron chi connectivity index (χ2n) is 10.0. The Labute approximate surface area is 203 Å². The van der Waals surface area contributed by atoms with Crippen molar-refractivity contribution in [1.82, 2.24) is 15.0 Å². The van der Waals surface area contributed by atoms with Crippen molar-refractivity contribution < 1.29 is 23.9 Å². The van der Waals surface area contributed by atoms with Gasteiger partial charge in [-0.2, -0.15) is 11.3 Å². The summed E-state index contributed by atoms with van der Waals surface area (Å²) in [4.78, 5) is 38.6. The third kappa shape index (κ3) is 4.01. The van der Waals surface area contributed by atoms with Crippen LogP contribution in [0.1, 0.15) is 62.4 Å². The summed E-state index contributed by atoms with van der Waals surface area (Å²) in [6.07, 6.45) is 8.71. The number of fused-ring (bicyclic) bond motifs is 3. The monoisotopic (exact) mass is 486 g/mol. The van der Waals surface area contributed by atoms with Gasteiger partial charge in [0.2, 0.25) is 6.04 Å². The van der Waals surface area contributed by atoms with E-state index in [1.54, 1.807) is 0 Å². The number of aliphatic hydroxyl groups is 1. The Bertz CT molecular complexity index is 1010. The average molecular weight is 487 g/mol. The highest BCUT2D eigenvalue weighted by atomic mass is 32.1. The number of hydrogen-bond donors (Lipinski definition) is 2. The number of quaternary nitrogens is 1. The van der Waals surface area contributed by atoms with Gasteiger partial charge in [0, 0.05) is 30.2 Å². The van der Waals surface area contributed by atoms with Gasteiger partial charge < -0.3 is 20.1 Å². The first kappa shape index (κ1) is 23.3. The molecule has 0 radical (unpaired) electrons. The van der Waals surface area contributed by atoms with Crippen molar-refractivity contribution in [1.29, 1.82) is 0 Å². The van der Waals surface area contributed by atoms with Crippen LogP contribution in [0.25, 0.3) is 0 Å². The third-order valence-corrected chi connectivity index (χ3v) is 8.95. The Morgan fingerprint density at radius 3 is 2.47 bits per heavy atom. The molecule has 2 aromatic heterocycles. The predicted molar refractivity (Wildman–Crippen MR) is 124 cm³/mol. The lowest BCUT2D eigenvalue weighted by Gasteiger charge is -2.54. The molecule has 1 saturated carbocycles. The Hall–Kier alpha value is -2.43. The number of hydrogen-bond acceptors (Lipinski definition) is 8. The van der Waals surface area contributed by atoms with Crippen LogP contribution in [0.4, 0.5) is 0 Å². The van der Waals surface area contributed by atoms with Gasteiger partial charge in [0.1, 0.15) is 19.2 Å². The molecule has 1 amide bonds. The van der Waals surface area contributed by atoms with Crippen LogP contribution in [0.15, 0.2) is 29.5 Å². The van der Waals surface area contributed by atoms with Crippen molar-refractivity contribution in [3.05, 3.63) is 40.9 Å². The molecule has 4 fully saturated rings. The van der Waals surface area contributed by atoms with Gasteiger partial charge in [-0.3, -0.25) is 4.79 Å². The second kappa shape index (κ2) is 9.31. The predicted octanol–water partition coefficient (Wildman–Crippen LogP) is 2.08. The molecule has 3 saturated heterocycles. The van der Waals surface area contributed by atoms with Crippen molar-refractivity contribution in [3.63, 3.8) is 0 Å². The van der Waals surface area contributed by atoms with Gasteiger partial charge in [0.15, 0.2) is 17.5 Å². The number of rotatable bonds is 7. The van der Waals surface area contributed by atoms with Crippen molar-refractivity contribution >= 4 is 23.2 Å². The van der Waals surface area contributed by atoms with E-state index >= 15 is 0 Å². The third-order valence-electron chi connectivity index (χ3n) is 8.26. The number of aromatic nitrogens is 3. The summed E-state index contributed by atoms with van der Waals surface area (Å²) in [7, 11) is 0. The van der Waals surface area contributed by atoms with E-state index < -0.39 is 29.6 Å². The number of primary amides is 1. The molecular weight excluding hydrogens is 454 g/mol. The first-order valence-corrected chi connectivity index (χ1v) is 13.1. The molecule has 3 N–H and O–H groups in total. The lowest BCUT2D eigenvalue weighted by atomic mass is 9.74. The quantitative estimate of drug-likeness (QED) is 0.453. The first-order valence-electron chi connectivity index (χ1n) is 12.2. The van der Waals surface area contributed by atoms with Crippen LogP contribution >= 0.6 is 11.3 Å². The molecule has 2 aromatic rings. The smallest absolute Gasteiger partial charge is 0.343 e. The number of carbonyl (C=O) groups excluding carboxylic acids is 2. The minimum absolute atomic E-state index is 0.156. The maximum absolute atomic E-state index is 13.7. The van der Waals surface area contributed by atoms with Crippen LogP contribution in [0, 0.1) is 11.8 Å². The van der Waals surface area contributed by atoms with Crippen LogP contribution in [-0.4, -0.2) is 62.2 Å². The van der Waals surface area contributed by atoms with E-state index in [0.717, 1.165) is 58.0 Å². The minimum Gasteiger partial charge on any atom is -0.454 e. The van der Waals surface area contributed by atoms with E-state index in [0.29, 0.717) is 22.4 Å². The molecule has 2 bridgehead atoms. The summed E-state index contributed by atoms with van der Waals surface area (Å²) in [5.74, 6) is -0.658. The van der Waals surface area contributed by atoms with E-state index in [1.165, 1.54) is 24.0 Å². The van der Waals surface area contributed by atoms with Gasteiger partial charge in [0.05, 0.1) is 13.1 Å². The Morgan fingerprint density at radius 2 is 1.85 bits per heavy atom. The zero-order chi connectivity index (χ0) is 23.8. The van der Waals surface area contributed by atoms with E-state index in [1.807, 2.05) is 16.8 Å². The van der Waals surface area contributed by atoms with Gasteiger partial charge >= 0.3 is 5.97 Å². The van der Waals surface area contributed by atoms with Gasteiger partial charge in [-0.05, 0) is 29.7 Å². The molecule has 34 heavy (non-hydrogen) atoms. The topological polar surface area (TPSA) is 128 Å². The summed E-state index contributed by atoms with van der Waals surface area (Å²) in [5.41, 5.74) is 4.83. The summed E-state index contributed by atoms with van der Waals surface area (Å²) in [5, 5.41) is 15.6. The molecule has 10 heteroatoms. The van der Waals surface area contributed by atoms with E-state index in [9.17, 15) is 14.7 Å². The lowest BCUT2D eigenvalue weighted by molar-refractivity contribution is -0.965. The fourth-order valence-electron chi connectivity index (χ4n) is 6.44. The first-order chi connectivity index (χ1) is 16.4. The molecule has 2 unspecified atom stereocenters. The zero-order valence-electron chi connectivity index (χ0n) is 19.2. The van der Waals surface area contributed by atoms with E-state index in [2.05, 4.69) is 15.0 Å². The molecule has 182 valence electrons.